The van der Waals surface area contributed by atoms with E-state index in [0.717, 1.165) is 13.2 Å². The Morgan fingerprint density at radius 2 is 2.55 bits per heavy atom. The molecule has 1 aliphatic heterocycles. The van der Waals surface area contributed by atoms with E-state index in [1.807, 2.05) is 12.4 Å². The maximum absolute atomic E-state index is 5.10. The molecule has 1 N–H and O–H groups in total. The Kier molecular flexibility index (Phi) is 2.52. The third kappa shape index (κ3) is 1.94. The zero-order chi connectivity index (χ0) is 6.97. The summed E-state index contributed by atoms with van der Waals surface area (Å²) in [7, 11) is 0. The van der Waals surface area contributed by atoms with Gasteiger partial charge < -0.3 is 17.1 Å². The first-order valence-electron chi connectivity index (χ1n) is 3.51. The van der Waals surface area contributed by atoms with Crippen LogP contribution in [0.15, 0.2) is 12.4 Å². The average molecular weight is 175 g/mol. The topological polar surface area (TPSA) is 32.2 Å². The second kappa shape index (κ2) is 3.24. The van der Waals surface area contributed by atoms with Gasteiger partial charge in [-0.25, -0.2) is 9.55 Å². The van der Waals surface area contributed by atoms with Crippen LogP contribution in [-0.2, 0) is 11.3 Å². The van der Waals surface area contributed by atoms with E-state index in [-0.39, 0.29) is 12.4 Å². The molecule has 3 nitrogen and oxygen atoms in total. The van der Waals surface area contributed by atoms with E-state index in [4.69, 9.17) is 4.74 Å². The van der Waals surface area contributed by atoms with Crippen molar-refractivity contribution >= 4 is 0 Å². The van der Waals surface area contributed by atoms with Gasteiger partial charge in [-0.15, -0.1) is 0 Å². The van der Waals surface area contributed by atoms with Crippen LogP contribution in [0.1, 0.15) is 5.82 Å². The molecule has 0 spiro atoms. The minimum absolute atomic E-state index is 0. The number of nitrogens with zero attached hydrogens (tertiary/aromatic N) is 1. The van der Waals surface area contributed by atoms with E-state index in [0.29, 0.717) is 6.10 Å². The molecule has 0 aliphatic carbocycles. The van der Waals surface area contributed by atoms with Gasteiger partial charge in [-0.1, -0.05) is 0 Å². The molecule has 0 radical (unpaired) electrons. The Hall–Kier alpha value is -0.540. The van der Waals surface area contributed by atoms with Crippen LogP contribution in [0.5, 0.6) is 0 Å². The van der Waals surface area contributed by atoms with Crippen LogP contribution in [0.4, 0.5) is 0 Å². The van der Waals surface area contributed by atoms with Gasteiger partial charge in [-0.2, -0.15) is 0 Å². The molecule has 0 aromatic carbocycles. The number of ether oxygens (including phenoxy) is 1. The Morgan fingerprint density at radius 1 is 1.82 bits per heavy atom. The largest absolute Gasteiger partial charge is 1.00 e. The summed E-state index contributed by atoms with van der Waals surface area (Å²) in [6, 6.07) is 0. The van der Waals surface area contributed by atoms with Crippen molar-refractivity contribution in [2.45, 2.75) is 19.6 Å². The van der Waals surface area contributed by atoms with Gasteiger partial charge in [0.2, 0.25) is 0 Å². The number of aryl methyl sites for hydroxylation is 1. The molecule has 1 aliphatic rings. The monoisotopic (exact) mass is 174 g/mol. The van der Waals surface area contributed by atoms with Crippen LogP contribution in [0.25, 0.3) is 0 Å². The number of H-pyrrole nitrogens is 1. The van der Waals surface area contributed by atoms with Crippen molar-refractivity contribution in [1.82, 2.24) is 4.98 Å². The molecular formula is C7H11ClN2O. The number of epoxide rings is 1. The normalized spacial score (nSPS) is 21.0. The van der Waals surface area contributed by atoms with Crippen LogP contribution in [0.2, 0.25) is 0 Å². The van der Waals surface area contributed by atoms with E-state index in [1.54, 1.807) is 0 Å². The zero-order valence-electron chi connectivity index (χ0n) is 6.38. The number of nitrogens with one attached hydrogen (secondary N) is 1. The van der Waals surface area contributed by atoms with Crippen molar-refractivity contribution in [1.29, 1.82) is 0 Å². The molecule has 0 amide bonds. The Labute approximate surface area is 71.8 Å². The molecule has 2 heterocycles. The Balaban J connectivity index is 0.000000605. The molecular weight excluding hydrogens is 164 g/mol. The lowest BCUT2D eigenvalue weighted by Crippen LogP contribution is -3.00. The predicted molar refractivity (Wildman–Crippen MR) is 35.5 cm³/mol. The molecule has 1 fully saturated rings. The quantitative estimate of drug-likeness (QED) is 0.377. The molecule has 1 unspecified atom stereocenters. The first-order chi connectivity index (χ1) is 4.86. The van der Waals surface area contributed by atoms with Crippen LogP contribution in [0, 0.1) is 6.92 Å². The molecule has 2 rings (SSSR count). The van der Waals surface area contributed by atoms with Crippen molar-refractivity contribution in [3.63, 3.8) is 0 Å². The summed E-state index contributed by atoms with van der Waals surface area (Å²) >= 11 is 0. The summed E-state index contributed by atoms with van der Waals surface area (Å²) in [6.45, 7) is 3.98. The van der Waals surface area contributed by atoms with E-state index in [9.17, 15) is 0 Å². The molecule has 1 saturated heterocycles. The van der Waals surface area contributed by atoms with Gasteiger partial charge in [-0.05, 0) is 0 Å². The highest BCUT2D eigenvalue weighted by molar-refractivity contribution is 4.72. The minimum Gasteiger partial charge on any atom is -1.00 e. The minimum atomic E-state index is 0. The summed E-state index contributed by atoms with van der Waals surface area (Å²) in [5.74, 6) is 1.19. The van der Waals surface area contributed by atoms with Crippen LogP contribution in [0.3, 0.4) is 0 Å². The van der Waals surface area contributed by atoms with Crippen LogP contribution < -0.4 is 17.0 Å². The number of hydrogen-bond donors (Lipinski definition) is 1. The SMILES string of the molecule is Cc1[nH]cc[n+]1CC1CO1.[Cl-]. The lowest BCUT2D eigenvalue weighted by atomic mass is 10.4. The standard InChI is InChI=1S/C7H10N2O.ClH/c1-6-8-2-3-9(6)4-7-5-10-7;/h2-3,7H,4-5H2,1H3;1H. The maximum Gasteiger partial charge on any atom is 0.251 e. The number of rotatable bonds is 2. The third-order valence-electron chi connectivity index (χ3n) is 1.78. The first-order valence-corrected chi connectivity index (χ1v) is 3.51. The Morgan fingerprint density at radius 3 is 3.00 bits per heavy atom. The fourth-order valence-electron chi connectivity index (χ4n) is 1.03. The highest BCUT2D eigenvalue weighted by Gasteiger charge is 2.25. The fourth-order valence-corrected chi connectivity index (χ4v) is 1.03. The van der Waals surface area contributed by atoms with Crippen LogP contribution in [-0.4, -0.2) is 17.7 Å². The molecule has 4 heteroatoms. The predicted octanol–water partition coefficient (Wildman–Crippen LogP) is -2.99. The number of imidazole rings is 1. The lowest BCUT2D eigenvalue weighted by molar-refractivity contribution is -0.702. The summed E-state index contributed by atoms with van der Waals surface area (Å²) in [4.78, 5) is 3.11. The maximum atomic E-state index is 5.10. The van der Waals surface area contributed by atoms with E-state index >= 15 is 0 Å². The molecule has 0 saturated carbocycles. The number of hydrogen-bond acceptors (Lipinski definition) is 1. The zero-order valence-corrected chi connectivity index (χ0v) is 7.14. The van der Waals surface area contributed by atoms with E-state index in [1.165, 1.54) is 5.82 Å². The van der Waals surface area contributed by atoms with Crippen LogP contribution >= 0.6 is 0 Å². The average Bonchev–Trinajstić information content (AvgIpc) is 2.62. The molecule has 11 heavy (non-hydrogen) atoms. The first kappa shape index (κ1) is 8.56. The lowest BCUT2D eigenvalue weighted by Gasteiger charge is -1.90. The highest BCUT2D eigenvalue weighted by atomic mass is 35.5. The van der Waals surface area contributed by atoms with Crippen molar-refractivity contribution in [2.75, 3.05) is 6.61 Å². The second-order valence-electron chi connectivity index (χ2n) is 2.65. The summed E-state index contributed by atoms with van der Waals surface area (Å²) in [6.07, 6.45) is 4.45. The van der Waals surface area contributed by atoms with Gasteiger partial charge in [-0.3, -0.25) is 0 Å². The van der Waals surface area contributed by atoms with Gasteiger partial charge in [0.15, 0.2) is 0 Å². The third-order valence-corrected chi connectivity index (χ3v) is 1.78. The van der Waals surface area contributed by atoms with Gasteiger partial charge in [0, 0.05) is 6.92 Å². The van der Waals surface area contributed by atoms with E-state index < -0.39 is 0 Å². The highest BCUT2D eigenvalue weighted by Crippen LogP contribution is 2.07. The van der Waals surface area contributed by atoms with Gasteiger partial charge >= 0.3 is 0 Å². The number of aromatic amines is 1. The van der Waals surface area contributed by atoms with Crippen molar-refractivity contribution in [3.05, 3.63) is 18.2 Å². The fraction of sp³-hybridized carbons (Fsp3) is 0.571. The second-order valence-corrected chi connectivity index (χ2v) is 2.65. The summed E-state index contributed by atoms with van der Waals surface area (Å²) in [5, 5.41) is 0. The molecule has 1 aromatic heterocycles. The smallest absolute Gasteiger partial charge is 0.251 e. The van der Waals surface area contributed by atoms with Crippen molar-refractivity contribution < 1.29 is 21.7 Å². The summed E-state index contributed by atoms with van der Waals surface area (Å²) in [5.41, 5.74) is 0. The van der Waals surface area contributed by atoms with E-state index in [2.05, 4.69) is 16.5 Å². The van der Waals surface area contributed by atoms with Gasteiger partial charge in [0.1, 0.15) is 25.0 Å². The molecule has 1 atom stereocenters. The van der Waals surface area contributed by atoms with Gasteiger partial charge in [0.25, 0.3) is 5.82 Å². The van der Waals surface area contributed by atoms with Crippen molar-refractivity contribution in [3.8, 4) is 0 Å². The molecule has 62 valence electrons. The molecule has 1 aromatic rings. The summed E-state index contributed by atoms with van der Waals surface area (Å²) < 4.78 is 7.27. The Bertz CT molecular complexity index is 232. The van der Waals surface area contributed by atoms with Crippen molar-refractivity contribution in [2.24, 2.45) is 0 Å². The molecule has 0 bridgehead atoms. The number of aromatic nitrogens is 2. The van der Waals surface area contributed by atoms with Gasteiger partial charge in [0.05, 0.1) is 6.61 Å². The number of halogens is 1.